The maximum Gasteiger partial charge on any atom is 0.212 e. The number of aryl methyl sites for hydroxylation is 1. The molecular formula is C14H23NO3S. The summed E-state index contributed by atoms with van der Waals surface area (Å²) in [6, 6.07) is 1.80. The molecule has 1 atom stereocenters. The van der Waals surface area contributed by atoms with E-state index >= 15 is 0 Å². The molecule has 0 amide bonds. The predicted octanol–water partition coefficient (Wildman–Crippen LogP) is 2.93. The fourth-order valence-corrected chi connectivity index (χ4v) is 4.13. The zero-order valence-electron chi connectivity index (χ0n) is 12.1. The van der Waals surface area contributed by atoms with Crippen LogP contribution in [-0.4, -0.2) is 14.2 Å². The van der Waals surface area contributed by atoms with Gasteiger partial charge in [0.1, 0.15) is 11.5 Å². The maximum atomic E-state index is 12.0. The summed E-state index contributed by atoms with van der Waals surface area (Å²) in [7, 11) is -3.21. The highest BCUT2D eigenvalue weighted by Crippen LogP contribution is 2.42. The maximum absolute atomic E-state index is 12.0. The quantitative estimate of drug-likeness (QED) is 0.925. The molecule has 19 heavy (non-hydrogen) atoms. The van der Waals surface area contributed by atoms with E-state index in [1.807, 2.05) is 19.9 Å². The average Bonchev–Trinajstić information content (AvgIpc) is 2.55. The van der Waals surface area contributed by atoms with Gasteiger partial charge in [0.15, 0.2) is 0 Å². The van der Waals surface area contributed by atoms with Crippen molar-refractivity contribution in [2.45, 2.75) is 53.0 Å². The van der Waals surface area contributed by atoms with E-state index in [1.54, 1.807) is 0 Å². The first-order valence-corrected chi connectivity index (χ1v) is 8.47. The van der Waals surface area contributed by atoms with Crippen molar-refractivity contribution in [1.82, 2.24) is 4.72 Å². The summed E-state index contributed by atoms with van der Waals surface area (Å²) in [5.74, 6) is 1.95. The van der Waals surface area contributed by atoms with Gasteiger partial charge in [0.2, 0.25) is 10.0 Å². The number of hydrogen-bond donors (Lipinski definition) is 1. The van der Waals surface area contributed by atoms with Gasteiger partial charge in [-0.05, 0) is 31.2 Å². The minimum atomic E-state index is -3.21. The van der Waals surface area contributed by atoms with E-state index in [0.717, 1.165) is 29.9 Å². The van der Waals surface area contributed by atoms with Gasteiger partial charge in [-0.1, -0.05) is 20.8 Å². The van der Waals surface area contributed by atoms with Gasteiger partial charge in [0, 0.05) is 12.0 Å². The summed E-state index contributed by atoms with van der Waals surface area (Å²) >= 11 is 0. The van der Waals surface area contributed by atoms with Crippen LogP contribution in [0.5, 0.6) is 0 Å². The number of furan rings is 1. The molecule has 1 heterocycles. The Balaban J connectivity index is 2.30. The van der Waals surface area contributed by atoms with Gasteiger partial charge in [-0.2, -0.15) is 0 Å². The predicted molar refractivity (Wildman–Crippen MR) is 75.5 cm³/mol. The molecule has 0 saturated heterocycles. The van der Waals surface area contributed by atoms with Gasteiger partial charge >= 0.3 is 0 Å². The van der Waals surface area contributed by atoms with Crippen LogP contribution in [0, 0.1) is 12.3 Å². The molecule has 5 heteroatoms. The van der Waals surface area contributed by atoms with Crippen LogP contribution < -0.4 is 4.72 Å². The van der Waals surface area contributed by atoms with Gasteiger partial charge in [0.05, 0.1) is 11.8 Å². The Labute approximate surface area is 115 Å². The van der Waals surface area contributed by atoms with Crippen molar-refractivity contribution in [1.29, 1.82) is 0 Å². The molecule has 108 valence electrons. The van der Waals surface area contributed by atoms with E-state index < -0.39 is 10.0 Å². The van der Waals surface area contributed by atoms with Gasteiger partial charge < -0.3 is 4.42 Å². The van der Waals surface area contributed by atoms with Crippen LogP contribution in [0.25, 0.3) is 0 Å². The fraction of sp³-hybridized carbons (Fsp3) is 0.714. The molecule has 0 radical (unpaired) electrons. The molecule has 1 aliphatic rings. The summed E-state index contributed by atoms with van der Waals surface area (Å²) < 4.78 is 32.5. The lowest BCUT2D eigenvalue weighted by Crippen LogP contribution is -2.36. The Morgan fingerprint density at radius 2 is 2.16 bits per heavy atom. The van der Waals surface area contributed by atoms with Crippen LogP contribution in [0.1, 0.15) is 56.7 Å². The normalized spacial score (nSPS) is 22.2. The fourth-order valence-electron chi connectivity index (χ4n) is 2.83. The summed E-state index contributed by atoms with van der Waals surface area (Å²) in [6.07, 6.45) is 2.30. The van der Waals surface area contributed by atoms with E-state index in [-0.39, 0.29) is 17.2 Å². The molecule has 1 N–H and O–H groups in total. The van der Waals surface area contributed by atoms with Crippen LogP contribution >= 0.6 is 0 Å². The molecule has 1 aliphatic carbocycles. The zero-order valence-corrected chi connectivity index (χ0v) is 12.9. The topological polar surface area (TPSA) is 59.3 Å². The Morgan fingerprint density at radius 1 is 1.47 bits per heavy atom. The Morgan fingerprint density at radius 3 is 2.79 bits per heavy atom. The number of hydrogen-bond acceptors (Lipinski definition) is 3. The largest absolute Gasteiger partial charge is 0.466 e. The van der Waals surface area contributed by atoms with Crippen LogP contribution in [0.4, 0.5) is 0 Å². The van der Waals surface area contributed by atoms with E-state index in [4.69, 9.17) is 4.42 Å². The minimum Gasteiger partial charge on any atom is -0.466 e. The van der Waals surface area contributed by atoms with Gasteiger partial charge in [-0.15, -0.1) is 0 Å². The third-order valence-electron chi connectivity index (χ3n) is 3.53. The third-order valence-corrected chi connectivity index (χ3v) is 5.12. The zero-order chi connectivity index (χ0) is 14.3. The molecular weight excluding hydrogens is 262 g/mol. The van der Waals surface area contributed by atoms with Gasteiger partial charge in [0.25, 0.3) is 0 Å². The minimum absolute atomic E-state index is 0.0523. The molecule has 1 aromatic rings. The lowest BCUT2D eigenvalue weighted by molar-refractivity contribution is 0.247. The SMILES string of the molecule is CCCS(=O)(=O)NC1CC(C)(C)Cc2oc(C)cc21. The average molecular weight is 285 g/mol. The Kier molecular flexibility index (Phi) is 3.80. The van der Waals surface area contributed by atoms with Crippen molar-refractivity contribution < 1.29 is 12.8 Å². The highest BCUT2D eigenvalue weighted by Gasteiger charge is 2.36. The molecule has 1 aromatic heterocycles. The molecule has 0 aromatic carbocycles. The Hall–Kier alpha value is -0.810. The van der Waals surface area contributed by atoms with Crippen LogP contribution in [0.15, 0.2) is 10.5 Å². The summed E-state index contributed by atoms with van der Waals surface area (Å²) in [6.45, 7) is 8.07. The number of nitrogens with one attached hydrogen (secondary N) is 1. The highest BCUT2D eigenvalue weighted by atomic mass is 32.2. The second-order valence-electron chi connectivity index (χ2n) is 6.27. The number of rotatable bonds is 4. The monoisotopic (exact) mass is 285 g/mol. The lowest BCUT2D eigenvalue weighted by Gasteiger charge is -2.34. The summed E-state index contributed by atoms with van der Waals surface area (Å²) in [5.41, 5.74) is 1.06. The first-order valence-electron chi connectivity index (χ1n) is 6.82. The molecule has 0 saturated carbocycles. The van der Waals surface area contributed by atoms with Crippen LogP contribution in [0.2, 0.25) is 0 Å². The molecule has 4 nitrogen and oxygen atoms in total. The van der Waals surface area contributed by atoms with E-state index in [2.05, 4.69) is 18.6 Å². The van der Waals surface area contributed by atoms with Crippen molar-refractivity contribution in [3.8, 4) is 0 Å². The summed E-state index contributed by atoms with van der Waals surface area (Å²) in [4.78, 5) is 0. The van der Waals surface area contributed by atoms with E-state index in [1.165, 1.54) is 0 Å². The second-order valence-corrected chi connectivity index (χ2v) is 8.14. The second kappa shape index (κ2) is 4.94. The number of sulfonamides is 1. The summed E-state index contributed by atoms with van der Waals surface area (Å²) in [5, 5.41) is 0. The molecule has 0 bridgehead atoms. The van der Waals surface area contributed by atoms with Crippen LogP contribution in [0.3, 0.4) is 0 Å². The van der Waals surface area contributed by atoms with Crippen molar-refractivity contribution in [3.63, 3.8) is 0 Å². The van der Waals surface area contributed by atoms with Crippen molar-refractivity contribution >= 4 is 10.0 Å². The molecule has 0 aliphatic heterocycles. The standard InChI is InChI=1S/C14H23NO3S/c1-5-6-19(16,17)15-12-8-14(3,4)9-13-11(12)7-10(2)18-13/h7,12,15H,5-6,8-9H2,1-4H3. The Bertz CT molecular complexity index is 557. The molecule has 1 unspecified atom stereocenters. The van der Waals surface area contributed by atoms with E-state index in [0.29, 0.717) is 6.42 Å². The lowest BCUT2D eigenvalue weighted by atomic mass is 9.75. The highest BCUT2D eigenvalue weighted by molar-refractivity contribution is 7.89. The van der Waals surface area contributed by atoms with Crippen molar-refractivity contribution in [3.05, 3.63) is 23.2 Å². The number of fused-ring (bicyclic) bond motifs is 1. The van der Waals surface area contributed by atoms with Crippen LogP contribution in [-0.2, 0) is 16.4 Å². The first kappa shape index (κ1) is 14.6. The van der Waals surface area contributed by atoms with Gasteiger partial charge in [-0.25, -0.2) is 13.1 Å². The van der Waals surface area contributed by atoms with Crippen molar-refractivity contribution in [2.75, 3.05) is 5.75 Å². The van der Waals surface area contributed by atoms with E-state index in [9.17, 15) is 8.42 Å². The molecule has 0 fully saturated rings. The molecule has 2 rings (SSSR count). The smallest absolute Gasteiger partial charge is 0.212 e. The third kappa shape index (κ3) is 3.39. The first-order chi connectivity index (χ1) is 8.72. The van der Waals surface area contributed by atoms with Crippen molar-refractivity contribution in [2.24, 2.45) is 5.41 Å². The van der Waals surface area contributed by atoms with Gasteiger partial charge in [-0.3, -0.25) is 0 Å². The molecule has 0 spiro atoms.